The van der Waals surface area contributed by atoms with E-state index >= 15 is 0 Å². The second kappa shape index (κ2) is 7.76. The number of hydrogen-bond acceptors (Lipinski definition) is 5. The maximum Gasteiger partial charge on any atom is 0.242 e. The van der Waals surface area contributed by atoms with Gasteiger partial charge in [0, 0.05) is 19.1 Å². The third-order valence-electron chi connectivity index (χ3n) is 4.16. The van der Waals surface area contributed by atoms with Gasteiger partial charge in [-0.25, -0.2) is 4.98 Å². The molecule has 2 aromatic rings. The van der Waals surface area contributed by atoms with Gasteiger partial charge in [-0.15, -0.1) is 0 Å². The third kappa shape index (κ3) is 4.24. The van der Waals surface area contributed by atoms with Gasteiger partial charge >= 0.3 is 0 Å². The molecule has 25 heavy (non-hydrogen) atoms. The van der Waals surface area contributed by atoms with Crippen LogP contribution in [-0.4, -0.2) is 51.7 Å². The van der Waals surface area contributed by atoms with Crippen LogP contribution in [0.4, 0.5) is 0 Å². The van der Waals surface area contributed by atoms with E-state index in [0.717, 1.165) is 11.4 Å². The van der Waals surface area contributed by atoms with Crippen molar-refractivity contribution >= 4 is 5.91 Å². The summed E-state index contributed by atoms with van der Waals surface area (Å²) in [4.78, 5) is 19.4. The Morgan fingerprint density at radius 1 is 1.36 bits per heavy atom. The van der Waals surface area contributed by atoms with Gasteiger partial charge in [0.15, 0.2) is 5.82 Å². The number of nitrogens with one attached hydrogen (secondary N) is 2. The number of aryl methyl sites for hydroxylation is 1. The molecule has 0 saturated carbocycles. The number of ether oxygens (including phenoxy) is 1. The monoisotopic (exact) mass is 343 g/mol. The van der Waals surface area contributed by atoms with Crippen LogP contribution >= 0.6 is 0 Å². The van der Waals surface area contributed by atoms with Gasteiger partial charge in [0.05, 0.1) is 6.61 Å². The Kier molecular flexibility index (Phi) is 5.45. The van der Waals surface area contributed by atoms with Gasteiger partial charge in [0.1, 0.15) is 18.0 Å². The first-order valence-corrected chi connectivity index (χ1v) is 8.64. The highest BCUT2D eigenvalue weighted by Crippen LogP contribution is 2.28. The lowest BCUT2D eigenvalue weighted by Gasteiger charge is -2.37. The molecule has 134 valence electrons. The maximum atomic E-state index is 12.9. The SMILES string of the molecule is Cc1nc([C@@H]2CN([C@@H](C(=O)NC(C)C)c3ccccc3)CCO2)n[nH]1. The topological polar surface area (TPSA) is 83.1 Å². The summed E-state index contributed by atoms with van der Waals surface area (Å²) < 4.78 is 5.84. The molecule has 2 heterocycles. The van der Waals surface area contributed by atoms with Crippen molar-refractivity contribution in [3.05, 3.63) is 47.5 Å². The van der Waals surface area contributed by atoms with Gasteiger partial charge in [-0.2, -0.15) is 5.10 Å². The number of hydrogen-bond donors (Lipinski definition) is 2. The molecule has 0 unspecified atom stereocenters. The molecule has 0 radical (unpaired) electrons. The fraction of sp³-hybridized carbons (Fsp3) is 0.500. The molecule has 1 fully saturated rings. The molecule has 0 bridgehead atoms. The van der Waals surface area contributed by atoms with E-state index in [0.29, 0.717) is 25.5 Å². The van der Waals surface area contributed by atoms with Crippen LogP contribution in [0, 0.1) is 6.92 Å². The zero-order valence-electron chi connectivity index (χ0n) is 14.9. The summed E-state index contributed by atoms with van der Waals surface area (Å²) in [5, 5.41) is 10.1. The van der Waals surface area contributed by atoms with E-state index in [4.69, 9.17) is 4.74 Å². The number of aromatic amines is 1. The lowest BCUT2D eigenvalue weighted by molar-refractivity contribution is -0.131. The molecule has 7 nitrogen and oxygen atoms in total. The first-order chi connectivity index (χ1) is 12.0. The molecule has 1 aromatic carbocycles. The van der Waals surface area contributed by atoms with E-state index in [1.54, 1.807) is 0 Å². The van der Waals surface area contributed by atoms with Crippen molar-refractivity contribution in [1.82, 2.24) is 25.4 Å². The Morgan fingerprint density at radius 3 is 2.76 bits per heavy atom. The fourth-order valence-corrected chi connectivity index (χ4v) is 3.09. The number of nitrogens with zero attached hydrogens (tertiary/aromatic N) is 3. The average molecular weight is 343 g/mol. The summed E-state index contributed by atoms with van der Waals surface area (Å²) >= 11 is 0. The number of benzene rings is 1. The molecule has 0 spiro atoms. The van der Waals surface area contributed by atoms with E-state index in [9.17, 15) is 4.79 Å². The quantitative estimate of drug-likeness (QED) is 0.864. The zero-order chi connectivity index (χ0) is 17.8. The second-order valence-corrected chi connectivity index (χ2v) is 6.61. The lowest BCUT2D eigenvalue weighted by atomic mass is 10.0. The smallest absolute Gasteiger partial charge is 0.242 e. The molecular weight excluding hydrogens is 318 g/mol. The zero-order valence-corrected chi connectivity index (χ0v) is 14.9. The van der Waals surface area contributed by atoms with E-state index < -0.39 is 0 Å². The predicted octanol–water partition coefficient (Wildman–Crippen LogP) is 1.75. The standard InChI is InChI=1S/C18H25N5O2/c1-12(2)19-18(24)16(14-7-5-4-6-8-14)23-9-10-25-15(11-23)17-20-13(3)21-22-17/h4-8,12,15-16H,9-11H2,1-3H3,(H,19,24)(H,20,21,22)/t15-,16+/m0/s1. The molecular formula is C18H25N5O2. The summed E-state index contributed by atoms with van der Waals surface area (Å²) in [6.07, 6.45) is -0.239. The van der Waals surface area contributed by atoms with Crippen LogP contribution in [-0.2, 0) is 9.53 Å². The number of H-pyrrole nitrogens is 1. The number of morpholine rings is 1. The van der Waals surface area contributed by atoms with Crippen molar-refractivity contribution < 1.29 is 9.53 Å². The van der Waals surface area contributed by atoms with E-state index in [-0.39, 0.29) is 24.1 Å². The molecule has 1 amide bonds. The molecule has 2 N–H and O–H groups in total. The first-order valence-electron chi connectivity index (χ1n) is 8.64. The molecule has 0 aliphatic carbocycles. The first kappa shape index (κ1) is 17.6. The van der Waals surface area contributed by atoms with Crippen molar-refractivity contribution in [2.75, 3.05) is 19.7 Å². The largest absolute Gasteiger partial charge is 0.367 e. The number of carbonyl (C=O) groups is 1. The molecule has 1 saturated heterocycles. The average Bonchev–Trinajstić information content (AvgIpc) is 3.02. The number of carbonyl (C=O) groups excluding carboxylic acids is 1. The van der Waals surface area contributed by atoms with Gasteiger partial charge in [0.2, 0.25) is 5.91 Å². The van der Waals surface area contributed by atoms with Crippen LogP contribution in [0.1, 0.15) is 43.2 Å². The summed E-state index contributed by atoms with van der Waals surface area (Å²) in [6.45, 7) is 7.60. The van der Waals surface area contributed by atoms with Crippen LogP contribution < -0.4 is 5.32 Å². The number of rotatable bonds is 5. The highest BCUT2D eigenvalue weighted by molar-refractivity contribution is 5.83. The maximum absolute atomic E-state index is 12.9. The van der Waals surface area contributed by atoms with Crippen molar-refractivity contribution in [3.8, 4) is 0 Å². The molecule has 1 aliphatic heterocycles. The van der Waals surface area contributed by atoms with Crippen LogP contribution in [0.2, 0.25) is 0 Å². The fourth-order valence-electron chi connectivity index (χ4n) is 3.09. The van der Waals surface area contributed by atoms with Crippen LogP contribution in [0.25, 0.3) is 0 Å². The molecule has 2 atom stereocenters. The van der Waals surface area contributed by atoms with Crippen molar-refractivity contribution in [1.29, 1.82) is 0 Å². The Hall–Kier alpha value is -2.25. The Labute approximate surface area is 147 Å². The van der Waals surface area contributed by atoms with Gasteiger partial charge in [0.25, 0.3) is 0 Å². The molecule has 1 aliphatic rings. The Balaban J connectivity index is 1.83. The normalized spacial score (nSPS) is 19.8. The summed E-state index contributed by atoms with van der Waals surface area (Å²) in [5.41, 5.74) is 0.979. The Morgan fingerprint density at radius 2 is 2.12 bits per heavy atom. The highest BCUT2D eigenvalue weighted by atomic mass is 16.5. The van der Waals surface area contributed by atoms with Crippen molar-refractivity contribution in [2.24, 2.45) is 0 Å². The van der Waals surface area contributed by atoms with Crippen LogP contribution in [0.5, 0.6) is 0 Å². The Bertz CT molecular complexity index is 701. The van der Waals surface area contributed by atoms with Crippen LogP contribution in [0.15, 0.2) is 30.3 Å². The van der Waals surface area contributed by atoms with Gasteiger partial charge < -0.3 is 10.1 Å². The second-order valence-electron chi connectivity index (χ2n) is 6.61. The van der Waals surface area contributed by atoms with Gasteiger partial charge in [-0.05, 0) is 26.3 Å². The van der Waals surface area contributed by atoms with Crippen molar-refractivity contribution in [3.63, 3.8) is 0 Å². The minimum Gasteiger partial charge on any atom is -0.367 e. The number of amides is 1. The van der Waals surface area contributed by atoms with Gasteiger partial charge in [-0.1, -0.05) is 30.3 Å². The third-order valence-corrected chi connectivity index (χ3v) is 4.16. The van der Waals surface area contributed by atoms with E-state index in [2.05, 4.69) is 25.4 Å². The molecule has 3 rings (SSSR count). The predicted molar refractivity (Wildman–Crippen MR) is 93.8 cm³/mol. The van der Waals surface area contributed by atoms with Gasteiger partial charge in [-0.3, -0.25) is 14.8 Å². The summed E-state index contributed by atoms with van der Waals surface area (Å²) in [6, 6.07) is 9.60. The number of aromatic nitrogens is 3. The highest BCUT2D eigenvalue weighted by Gasteiger charge is 2.34. The minimum atomic E-state index is -0.352. The van der Waals surface area contributed by atoms with Crippen LogP contribution in [0.3, 0.4) is 0 Å². The van der Waals surface area contributed by atoms with Crippen molar-refractivity contribution in [2.45, 2.75) is 39.0 Å². The summed E-state index contributed by atoms with van der Waals surface area (Å²) in [5.74, 6) is 1.40. The van der Waals surface area contributed by atoms with E-state index in [1.165, 1.54) is 0 Å². The summed E-state index contributed by atoms with van der Waals surface area (Å²) in [7, 11) is 0. The molecule has 7 heteroatoms. The molecule has 1 aromatic heterocycles. The van der Waals surface area contributed by atoms with E-state index in [1.807, 2.05) is 51.1 Å². The lowest BCUT2D eigenvalue weighted by Crippen LogP contribution is -2.48. The minimum absolute atomic E-state index is 0.00742.